The van der Waals surface area contributed by atoms with Crippen LogP contribution in [0.5, 0.6) is 0 Å². The summed E-state index contributed by atoms with van der Waals surface area (Å²) in [5.74, 6) is 1.73. The van der Waals surface area contributed by atoms with Crippen molar-refractivity contribution in [1.82, 2.24) is 0 Å². The summed E-state index contributed by atoms with van der Waals surface area (Å²) >= 11 is 7.79. The molecule has 1 nitrogen and oxygen atoms in total. The Kier molecular flexibility index (Phi) is 3.23. The Bertz CT molecular complexity index is 582. The normalized spacial score (nSPS) is 17.1. The van der Waals surface area contributed by atoms with Gasteiger partial charge < -0.3 is 5.73 Å². The van der Waals surface area contributed by atoms with Crippen molar-refractivity contribution in [2.75, 3.05) is 11.5 Å². The van der Waals surface area contributed by atoms with E-state index in [1.165, 1.54) is 17.5 Å². The van der Waals surface area contributed by atoms with Crippen LogP contribution < -0.4 is 5.73 Å². The van der Waals surface area contributed by atoms with E-state index in [9.17, 15) is 0 Å². The number of fused-ring (bicyclic) bond motifs is 1. The van der Waals surface area contributed by atoms with E-state index in [4.69, 9.17) is 17.3 Å². The smallest absolute Gasteiger partial charge is 0.0453 e. The van der Waals surface area contributed by atoms with E-state index in [1.807, 2.05) is 18.2 Å². The molecule has 0 bridgehead atoms. The lowest BCUT2D eigenvalue weighted by molar-refractivity contribution is 0.677. The van der Waals surface area contributed by atoms with Crippen molar-refractivity contribution in [2.24, 2.45) is 0 Å². The lowest BCUT2D eigenvalue weighted by Gasteiger charge is -2.29. The second-order valence-electron chi connectivity index (χ2n) is 4.59. The van der Waals surface area contributed by atoms with Crippen molar-refractivity contribution >= 4 is 29.1 Å². The highest BCUT2D eigenvalue weighted by Crippen LogP contribution is 2.40. The maximum absolute atomic E-state index is 5.99. The van der Waals surface area contributed by atoms with Crippen LogP contribution in [-0.4, -0.2) is 5.75 Å². The van der Waals surface area contributed by atoms with Crippen molar-refractivity contribution < 1.29 is 0 Å². The molecule has 0 heterocycles. The minimum Gasteiger partial charge on any atom is -0.398 e. The minimum atomic E-state index is 0.657. The van der Waals surface area contributed by atoms with E-state index in [-0.39, 0.29) is 0 Å². The summed E-state index contributed by atoms with van der Waals surface area (Å²) in [6.45, 7) is 0. The van der Waals surface area contributed by atoms with E-state index in [2.05, 4.69) is 24.3 Å². The van der Waals surface area contributed by atoms with E-state index >= 15 is 0 Å². The molecule has 0 amide bonds. The molecule has 0 aliphatic heterocycles. The van der Waals surface area contributed by atoms with Gasteiger partial charge in [0.15, 0.2) is 0 Å². The molecule has 1 aliphatic carbocycles. The van der Waals surface area contributed by atoms with Crippen molar-refractivity contribution in [3.63, 3.8) is 0 Å². The van der Waals surface area contributed by atoms with Gasteiger partial charge in [0.2, 0.25) is 0 Å². The van der Waals surface area contributed by atoms with Crippen molar-refractivity contribution in [3.8, 4) is 0 Å². The average molecular weight is 276 g/mol. The number of hydrogen-bond donors (Lipinski definition) is 1. The fraction of sp³-hybridized carbons (Fsp3) is 0.200. The quantitative estimate of drug-likeness (QED) is 0.665. The molecule has 0 saturated carbocycles. The first-order valence-corrected chi connectivity index (χ1v) is 7.36. The fourth-order valence-corrected chi connectivity index (χ4v) is 3.69. The minimum absolute atomic E-state index is 0.657. The molecule has 0 spiro atoms. The Balaban J connectivity index is 1.68. The third-order valence-corrected chi connectivity index (χ3v) is 4.85. The van der Waals surface area contributed by atoms with Gasteiger partial charge in [-0.05, 0) is 41.7 Å². The summed E-state index contributed by atoms with van der Waals surface area (Å²) in [6.07, 6.45) is 1.18. The monoisotopic (exact) mass is 275 g/mol. The number of nitrogen functional groups attached to an aromatic ring is 1. The maximum atomic E-state index is 5.99. The third kappa shape index (κ3) is 2.23. The molecule has 0 radical (unpaired) electrons. The van der Waals surface area contributed by atoms with Crippen LogP contribution in [-0.2, 0) is 6.42 Å². The molecule has 0 aromatic heterocycles. The zero-order valence-corrected chi connectivity index (χ0v) is 11.5. The second-order valence-corrected chi connectivity index (χ2v) is 6.09. The van der Waals surface area contributed by atoms with Gasteiger partial charge in [-0.2, -0.15) is 0 Å². The lowest BCUT2D eigenvalue weighted by atomic mass is 9.79. The summed E-state index contributed by atoms with van der Waals surface area (Å²) in [5, 5.41) is 0.751. The Hall–Kier alpha value is -1.12. The Morgan fingerprint density at radius 2 is 2.06 bits per heavy atom. The summed E-state index contributed by atoms with van der Waals surface area (Å²) in [5.41, 5.74) is 9.75. The van der Waals surface area contributed by atoms with Crippen LogP contribution in [0.25, 0.3) is 0 Å². The molecule has 1 aliphatic rings. The molecule has 1 atom stereocenters. The van der Waals surface area contributed by atoms with Crippen LogP contribution in [0.4, 0.5) is 5.69 Å². The van der Waals surface area contributed by atoms with Crippen molar-refractivity contribution in [1.29, 1.82) is 0 Å². The Morgan fingerprint density at radius 1 is 1.22 bits per heavy atom. The first-order chi connectivity index (χ1) is 8.74. The van der Waals surface area contributed by atoms with Crippen molar-refractivity contribution in [2.45, 2.75) is 17.2 Å². The second kappa shape index (κ2) is 4.87. The summed E-state index contributed by atoms with van der Waals surface area (Å²) < 4.78 is 0. The molecule has 92 valence electrons. The van der Waals surface area contributed by atoms with E-state index < -0.39 is 0 Å². The van der Waals surface area contributed by atoms with Crippen LogP contribution >= 0.6 is 23.4 Å². The fourth-order valence-electron chi connectivity index (χ4n) is 2.33. The summed E-state index contributed by atoms with van der Waals surface area (Å²) in [7, 11) is 0. The first-order valence-electron chi connectivity index (χ1n) is 5.99. The molecule has 3 rings (SSSR count). The van der Waals surface area contributed by atoms with Crippen molar-refractivity contribution in [3.05, 3.63) is 58.6 Å². The number of nitrogens with two attached hydrogens (primary N) is 1. The number of rotatable bonds is 3. The van der Waals surface area contributed by atoms with Gasteiger partial charge >= 0.3 is 0 Å². The highest BCUT2D eigenvalue weighted by molar-refractivity contribution is 7.99. The van der Waals surface area contributed by atoms with Gasteiger partial charge in [0.05, 0.1) is 0 Å². The molecular weight excluding hydrogens is 262 g/mol. The molecule has 1 unspecified atom stereocenters. The third-order valence-electron chi connectivity index (χ3n) is 3.38. The Morgan fingerprint density at radius 3 is 2.89 bits per heavy atom. The summed E-state index contributed by atoms with van der Waals surface area (Å²) in [4.78, 5) is 1.09. The van der Waals surface area contributed by atoms with Crippen LogP contribution in [0.1, 0.15) is 17.0 Å². The molecular formula is C15H14ClNS. The maximum Gasteiger partial charge on any atom is 0.0453 e. The molecule has 0 saturated heterocycles. The molecule has 2 aromatic carbocycles. The standard InChI is InChI=1S/C15H14ClNS/c16-12-5-6-14(17)15(8-12)18-9-11-7-10-3-1-2-4-13(10)11/h1-6,8,11H,7,9,17H2. The molecule has 2 N–H and O–H groups in total. The van der Waals surface area contributed by atoms with Gasteiger partial charge in [0.25, 0.3) is 0 Å². The predicted molar refractivity (Wildman–Crippen MR) is 79.5 cm³/mol. The largest absolute Gasteiger partial charge is 0.398 e. The zero-order chi connectivity index (χ0) is 12.5. The van der Waals surface area contributed by atoms with Crippen LogP contribution in [0, 0.1) is 0 Å². The number of anilines is 1. The number of halogens is 1. The van der Waals surface area contributed by atoms with Gasteiger partial charge in [-0.15, -0.1) is 11.8 Å². The van der Waals surface area contributed by atoms with E-state index in [0.717, 1.165) is 21.4 Å². The van der Waals surface area contributed by atoms with E-state index in [0.29, 0.717) is 5.92 Å². The molecule has 18 heavy (non-hydrogen) atoms. The Labute approximate surface area is 116 Å². The molecule has 0 fully saturated rings. The molecule has 2 aromatic rings. The number of hydrogen-bond acceptors (Lipinski definition) is 2. The summed E-state index contributed by atoms with van der Waals surface area (Å²) in [6, 6.07) is 14.3. The van der Waals surface area contributed by atoms with Gasteiger partial charge in [-0.25, -0.2) is 0 Å². The highest BCUT2D eigenvalue weighted by Gasteiger charge is 2.25. The van der Waals surface area contributed by atoms with Crippen LogP contribution in [0.2, 0.25) is 5.02 Å². The van der Waals surface area contributed by atoms with Gasteiger partial charge in [0, 0.05) is 21.4 Å². The predicted octanol–water partition coefficient (Wildman–Crippen LogP) is 4.35. The van der Waals surface area contributed by atoms with Crippen LogP contribution in [0.15, 0.2) is 47.4 Å². The highest BCUT2D eigenvalue weighted by atomic mass is 35.5. The number of benzene rings is 2. The topological polar surface area (TPSA) is 26.0 Å². The zero-order valence-electron chi connectivity index (χ0n) is 9.90. The van der Waals surface area contributed by atoms with Crippen LogP contribution in [0.3, 0.4) is 0 Å². The SMILES string of the molecule is Nc1ccc(Cl)cc1SCC1Cc2ccccc21. The van der Waals surface area contributed by atoms with Gasteiger partial charge in [-0.3, -0.25) is 0 Å². The van der Waals surface area contributed by atoms with Gasteiger partial charge in [0.1, 0.15) is 0 Å². The first kappa shape index (κ1) is 11.9. The number of thioether (sulfide) groups is 1. The average Bonchev–Trinajstić information content (AvgIpc) is 2.34. The van der Waals surface area contributed by atoms with E-state index in [1.54, 1.807) is 11.8 Å². The molecule has 3 heteroatoms. The van der Waals surface area contributed by atoms with Gasteiger partial charge in [-0.1, -0.05) is 35.9 Å². The lowest BCUT2D eigenvalue weighted by Crippen LogP contribution is -2.18.